The molecule has 0 unspecified atom stereocenters. The number of benzene rings is 1. The molecule has 2 aromatic rings. The van der Waals surface area contributed by atoms with Gasteiger partial charge in [0.25, 0.3) is 11.8 Å². The SMILES string of the molecule is Cc1ccc(C(=O)NNC(=O)c2ccnc(C34CC5CC(CC(C5)C3)C4)c2)cc1. The van der Waals surface area contributed by atoms with Gasteiger partial charge in [-0.1, -0.05) is 17.7 Å². The van der Waals surface area contributed by atoms with Crippen molar-refractivity contribution >= 4 is 11.8 Å². The highest BCUT2D eigenvalue weighted by molar-refractivity contribution is 5.99. The third kappa shape index (κ3) is 3.43. The molecular formula is C24H27N3O2. The minimum absolute atomic E-state index is 0.149. The summed E-state index contributed by atoms with van der Waals surface area (Å²) >= 11 is 0. The largest absolute Gasteiger partial charge is 0.269 e. The van der Waals surface area contributed by atoms with Crippen LogP contribution in [-0.2, 0) is 5.41 Å². The number of aromatic nitrogens is 1. The Morgan fingerprint density at radius 1 is 0.862 bits per heavy atom. The number of carbonyl (C=O) groups excluding carboxylic acids is 2. The summed E-state index contributed by atoms with van der Waals surface area (Å²) < 4.78 is 0. The quantitative estimate of drug-likeness (QED) is 0.782. The third-order valence-electron chi connectivity index (χ3n) is 7.21. The number of rotatable bonds is 3. The monoisotopic (exact) mass is 389 g/mol. The van der Waals surface area contributed by atoms with Gasteiger partial charge in [-0.15, -0.1) is 0 Å². The molecule has 1 aromatic heterocycles. The Hall–Kier alpha value is -2.69. The maximum absolute atomic E-state index is 12.7. The van der Waals surface area contributed by atoms with E-state index in [0.717, 1.165) is 29.0 Å². The molecule has 0 aliphatic heterocycles. The van der Waals surface area contributed by atoms with E-state index in [1.165, 1.54) is 38.5 Å². The number of hydrogen-bond acceptors (Lipinski definition) is 3. The maximum atomic E-state index is 12.7. The van der Waals surface area contributed by atoms with E-state index < -0.39 is 0 Å². The van der Waals surface area contributed by atoms with Crippen molar-refractivity contribution in [2.75, 3.05) is 0 Å². The molecule has 2 amide bonds. The highest BCUT2D eigenvalue weighted by Gasteiger charge is 2.52. The van der Waals surface area contributed by atoms with Crippen LogP contribution in [0.1, 0.15) is 70.5 Å². The predicted molar refractivity (Wildman–Crippen MR) is 110 cm³/mol. The van der Waals surface area contributed by atoms with Crippen molar-refractivity contribution in [2.45, 2.75) is 50.9 Å². The molecule has 29 heavy (non-hydrogen) atoms. The van der Waals surface area contributed by atoms with Gasteiger partial charge in [0.15, 0.2) is 0 Å². The average molecular weight is 389 g/mol. The van der Waals surface area contributed by atoms with Crippen molar-refractivity contribution in [3.63, 3.8) is 0 Å². The highest BCUT2D eigenvalue weighted by atomic mass is 16.2. The molecule has 0 radical (unpaired) electrons. The van der Waals surface area contributed by atoms with E-state index in [1.54, 1.807) is 24.4 Å². The first-order chi connectivity index (χ1) is 14.0. The minimum Gasteiger partial charge on any atom is -0.267 e. The van der Waals surface area contributed by atoms with Crippen LogP contribution in [-0.4, -0.2) is 16.8 Å². The summed E-state index contributed by atoms with van der Waals surface area (Å²) in [4.78, 5) is 29.6. The highest BCUT2D eigenvalue weighted by Crippen LogP contribution is 2.60. The second-order valence-corrected chi connectivity index (χ2v) is 9.40. The maximum Gasteiger partial charge on any atom is 0.269 e. The van der Waals surface area contributed by atoms with E-state index in [1.807, 2.05) is 25.1 Å². The number of pyridine rings is 1. The second-order valence-electron chi connectivity index (χ2n) is 9.40. The molecule has 1 aromatic carbocycles. The summed E-state index contributed by atoms with van der Waals surface area (Å²) in [5.41, 5.74) is 8.42. The lowest BCUT2D eigenvalue weighted by Crippen LogP contribution is -2.49. The summed E-state index contributed by atoms with van der Waals surface area (Å²) in [6.45, 7) is 1.97. The summed E-state index contributed by atoms with van der Waals surface area (Å²) in [6.07, 6.45) is 9.51. The number of carbonyl (C=O) groups is 2. The molecule has 4 saturated carbocycles. The van der Waals surface area contributed by atoms with Crippen LogP contribution in [0.5, 0.6) is 0 Å². The van der Waals surface area contributed by atoms with Gasteiger partial charge in [0.05, 0.1) is 0 Å². The minimum atomic E-state index is -0.325. The van der Waals surface area contributed by atoms with Crippen LogP contribution in [0.25, 0.3) is 0 Å². The number of hydrogen-bond donors (Lipinski definition) is 2. The number of nitrogens with zero attached hydrogens (tertiary/aromatic N) is 1. The lowest BCUT2D eigenvalue weighted by atomic mass is 9.48. The van der Waals surface area contributed by atoms with Gasteiger partial charge in [0.2, 0.25) is 0 Å². The number of hydrazine groups is 1. The van der Waals surface area contributed by atoms with Crippen LogP contribution < -0.4 is 10.9 Å². The van der Waals surface area contributed by atoms with Crippen molar-refractivity contribution in [1.82, 2.24) is 15.8 Å². The molecule has 4 bridgehead atoms. The average Bonchev–Trinajstić information content (AvgIpc) is 2.71. The van der Waals surface area contributed by atoms with E-state index in [4.69, 9.17) is 4.98 Å². The second kappa shape index (κ2) is 6.97. The van der Waals surface area contributed by atoms with Gasteiger partial charge >= 0.3 is 0 Å². The zero-order valence-corrected chi connectivity index (χ0v) is 16.8. The molecule has 0 atom stereocenters. The molecule has 5 heteroatoms. The Kier molecular flexibility index (Phi) is 4.41. The van der Waals surface area contributed by atoms with Crippen LogP contribution in [0.3, 0.4) is 0 Å². The van der Waals surface area contributed by atoms with Gasteiger partial charge in [-0.3, -0.25) is 25.4 Å². The van der Waals surface area contributed by atoms with Gasteiger partial charge < -0.3 is 0 Å². The molecule has 6 rings (SSSR count). The molecule has 4 aliphatic rings. The van der Waals surface area contributed by atoms with Crippen LogP contribution in [0, 0.1) is 24.7 Å². The third-order valence-corrected chi connectivity index (χ3v) is 7.21. The number of aryl methyl sites for hydroxylation is 1. The van der Waals surface area contributed by atoms with Gasteiger partial charge in [-0.05, 0) is 87.5 Å². The van der Waals surface area contributed by atoms with Crippen LogP contribution >= 0.6 is 0 Å². The van der Waals surface area contributed by atoms with Gasteiger partial charge in [0, 0.05) is 28.4 Å². The summed E-state index contributed by atoms with van der Waals surface area (Å²) in [6, 6.07) is 10.9. The normalized spacial score (nSPS) is 29.5. The van der Waals surface area contributed by atoms with Crippen LogP contribution in [0.2, 0.25) is 0 Å². The zero-order valence-electron chi connectivity index (χ0n) is 16.8. The van der Waals surface area contributed by atoms with Crippen molar-refractivity contribution in [3.8, 4) is 0 Å². The standard InChI is InChI=1S/C24H27N3O2/c1-15-2-4-19(5-3-15)22(28)26-27-23(29)20-6-7-25-21(11-20)24-12-16-8-17(13-24)10-18(9-16)14-24/h2-7,11,16-18H,8-10,12-14H2,1H3,(H,26,28)(H,27,29). The van der Waals surface area contributed by atoms with Crippen molar-refractivity contribution in [2.24, 2.45) is 17.8 Å². The molecule has 0 saturated heterocycles. The Morgan fingerprint density at radius 3 is 2.00 bits per heavy atom. The first-order valence-corrected chi connectivity index (χ1v) is 10.6. The fourth-order valence-electron chi connectivity index (χ4n) is 6.25. The van der Waals surface area contributed by atoms with Crippen molar-refractivity contribution in [3.05, 3.63) is 65.0 Å². The lowest BCUT2D eigenvalue weighted by Gasteiger charge is -2.56. The molecule has 1 heterocycles. The molecule has 4 aliphatic carbocycles. The van der Waals surface area contributed by atoms with Crippen LogP contribution in [0.15, 0.2) is 42.6 Å². The number of amides is 2. The topological polar surface area (TPSA) is 71.1 Å². The molecular weight excluding hydrogens is 362 g/mol. The van der Waals surface area contributed by atoms with Crippen LogP contribution in [0.4, 0.5) is 0 Å². The zero-order chi connectivity index (χ0) is 20.0. The predicted octanol–water partition coefficient (Wildman–Crippen LogP) is 3.93. The summed E-state index contributed by atoms with van der Waals surface area (Å²) in [7, 11) is 0. The first-order valence-electron chi connectivity index (χ1n) is 10.6. The van der Waals surface area contributed by atoms with Gasteiger partial charge in [0.1, 0.15) is 0 Å². The molecule has 2 N–H and O–H groups in total. The fourth-order valence-corrected chi connectivity index (χ4v) is 6.25. The number of nitrogens with one attached hydrogen (secondary N) is 2. The first kappa shape index (κ1) is 18.3. The van der Waals surface area contributed by atoms with Crippen molar-refractivity contribution < 1.29 is 9.59 Å². The smallest absolute Gasteiger partial charge is 0.267 e. The Labute approximate surface area is 171 Å². The van der Waals surface area contributed by atoms with Gasteiger partial charge in [-0.25, -0.2) is 0 Å². The Bertz CT molecular complexity index is 916. The summed E-state index contributed by atoms with van der Waals surface area (Å²) in [5, 5.41) is 0. The van der Waals surface area contributed by atoms with Gasteiger partial charge in [-0.2, -0.15) is 0 Å². The molecule has 0 spiro atoms. The fraction of sp³-hybridized carbons (Fsp3) is 0.458. The van der Waals surface area contributed by atoms with E-state index >= 15 is 0 Å². The lowest BCUT2D eigenvalue weighted by molar-refractivity contribution is -0.00722. The Balaban J connectivity index is 1.29. The molecule has 150 valence electrons. The van der Waals surface area contributed by atoms with E-state index in [-0.39, 0.29) is 17.2 Å². The molecule has 5 nitrogen and oxygen atoms in total. The van der Waals surface area contributed by atoms with Crippen molar-refractivity contribution in [1.29, 1.82) is 0 Å². The summed E-state index contributed by atoms with van der Waals surface area (Å²) in [5.74, 6) is 1.85. The van der Waals surface area contributed by atoms with E-state index in [9.17, 15) is 9.59 Å². The van der Waals surface area contributed by atoms with E-state index in [2.05, 4.69) is 10.9 Å². The van der Waals surface area contributed by atoms with E-state index in [0.29, 0.717) is 11.1 Å². The molecule has 4 fully saturated rings. The Morgan fingerprint density at radius 2 is 1.41 bits per heavy atom.